The molecule has 4 heteroatoms. The van der Waals surface area contributed by atoms with Crippen molar-refractivity contribution in [1.82, 2.24) is 5.32 Å². The van der Waals surface area contributed by atoms with Gasteiger partial charge >= 0.3 is 0 Å². The fourth-order valence-electron chi connectivity index (χ4n) is 3.16. The lowest BCUT2D eigenvalue weighted by Gasteiger charge is -2.36. The van der Waals surface area contributed by atoms with Gasteiger partial charge in [0.15, 0.2) is 0 Å². The van der Waals surface area contributed by atoms with Crippen molar-refractivity contribution in [3.05, 3.63) is 0 Å². The zero-order valence-corrected chi connectivity index (χ0v) is 11.6. The molecule has 4 nitrogen and oxygen atoms in total. The van der Waals surface area contributed by atoms with Crippen molar-refractivity contribution in [2.24, 2.45) is 17.1 Å². The Balaban J connectivity index is 1.73. The van der Waals surface area contributed by atoms with Crippen LogP contribution in [0.4, 0.5) is 0 Å². The summed E-state index contributed by atoms with van der Waals surface area (Å²) in [7, 11) is 0. The fraction of sp³-hybridized carbons (Fsp3) is 1.00. The second-order valence-corrected chi connectivity index (χ2v) is 5.81. The molecule has 2 aliphatic heterocycles. The minimum Gasteiger partial charge on any atom is -0.381 e. The van der Waals surface area contributed by atoms with Crippen molar-refractivity contribution >= 4 is 0 Å². The zero-order chi connectivity index (χ0) is 12.8. The lowest BCUT2D eigenvalue weighted by Crippen LogP contribution is -2.45. The number of nitrogens with one attached hydrogen (secondary N) is 1. The number of ether oxygens (including phenoxy) is 2. The van der Waals surface area contributed by atoms with Gasteiger partial charge in [-0.1, -0.05) is 6.92 Å². The third-order valence-corrected chi connectivity index (χ3v) is 4.64. The van der Waals surface area contributed by atoms with Crippen LogP contribution in [-0.4, -0.2) is 45.6 Å². The number of hydrogen-bond acceptors (Lipinski definition) is 4. The van der Waals surface area contributed by atoms with Crippen molar-refractivity contribution in [3.8, 4) is 0 Å². The van der Waals surface area contributed by atoms with Gasteiger partial charge in [-0.3, -0.25) is 0 Å². The molecule has 2 aliphatic rings. The van der Waals surface area contributed by atoms with E-state index in [1.165, 1.54) is 6.42 Å². The quantitative estimate of drug-likeness (QED) is 0.748. The van der Waals surface area contributed by atoms with E-state index in [0.717, 1.165) is 58.7 Å². The summed E-state index contributed by atoms with van der Waals surface area (Å²) in [4.78, 5) is 0. The van der Waals surface area contributed by atoms with Crippen LogP contribution in [0.2, 0.25) is 0 Å². The average molecular weight is 256 g/mol. The Morgan fingerprint density at radius 3 is 2.72 bits per heavy atom. The Morgan fingerprint density at radius 2 is 2.06 bits per heavy atom. The van der Waals surface area contributed by atoms with Crippen LogP contribution in [0.5, 0.6) is 0 Å². The van der Waals surface area contributed by atoms with E-state index in [0.29, 0.717) is 12.0 Å². The first-order chi connectivity index (χ1) is 8.79. The molecule has 106 valence electrons. The SMILES string of the molecule is CCC1OCCC1CNCC1(CN)CCOCC1. The maximum atomic E-state index is 5.97. The Kier molecular flexibility index (Phi) is 5.42. The van der Waals surface area contributed by atoms with Crippen molar-refractivity contribution in [2.75, 3.05) is 39.5 Å². The van der Waals surface area contributed by atoms with Gasteiger partial charge in [-0.05, 0) is 43.6 Å². The molecule has 0 aromatic heterocycles. The molecule has 0 amide bonds. The van der Waals surface area contributed by atoms with E-state index in [1.807, 2.05) is 0 Å². The maximum absolute atomic E-state index is 5.97. The fourth-order valence-corrected chi connectivity index (χ4v) is 3.16. The number of hydrogen-bond donors (Lipinski definition) is 2. The highest BCUT2D eigenvalue weighted by molar-refractivity contribution is 4.86. The highest BCUT2D eigenvalue weighted by Crippen LogP contribution is 2.29. The molecule has 2 heterocycles. The van der Waals surface area contributed by atoms with E-state index in [1.54, 1.807) is 0 Å². The normalized spacial score (nSPS) is 31.7. The first kappa shape index (κ1) is 14.3. The highest BCUT2D eigenvalue weighted by Gasteiger charge is 2.32. The summed E-state index contributed by atoms with van der Waals surface area (Å²) in [5.41, 5.74) is 6.23. The summed E-state index contributed by atoms with van der Waals surface area (Å²) in [5, 5.41) is 3.64. The number of rotatable bonds is 6. The van der Waals surface area contributed by atoms with Crippen LogP contribution in [0.25, 0.3) is 0 Å². The van der Waals surface area contributed by atoms with Crippen LogP contribution in [-0.2, 0) is 9.47 Å². The Morgan fingerprint density at radius 1 is 1.28 bits per heavy atom. The van der Waals surface area contributed by atoms with Gasteiger partial charge in [0.2, 0.25) is 0 Å². The molecule has 0 aromatic rings. The third-order valence-electron chi connectivity index (χ3n) is 4.64. The molecule has 2 fully saturated rings. The van der Waals surface area contributed by atoms with E-state index in [4.69, 9.17) is 15.2 Å². The second kappa shape index (κ2) is 6.85. The molecule has 0 bridgehead atoms. The predicted octanol–water partition coefficient (Wildman–Crippen LogP) is 1.15. The van der Waals surface area contributed by atoms with E-state index in [2.05, 4.69) is 12.2 Å². The molecule has 0 aliphatic carbocycles. The summed E-state index contributed by atoms with van der Waals surface area (Å²) in [6.45, 7) is 7.73. The van der Waals surface area contributed by atoms with Crippen LogP contribution in [0.1, 0.15) is 32.6 Å². The molecular weight excluding hydrogens is 228 g/mol. The van der Waals surface area contributed by atoms with Gasteiger partial charge in [0.1, 0.15) is 0 Å². The molecule has 18 heavy (non-hydrogen) atoms. The van der Waals surface area contributed by atoms with Crippen LogP contribution in [0.3, 0.4) is 0 Å². The number of nitrogens with two attached hydrogens (primary N) is 1. The standard InChI is InChI=1S/C14H28N2O2/c1-2-13-12(3-6-18-13)9-16-11-14(10-15)4-7-17-8-5-14/h12-13,16H,2-11,15H2,1H3. The van der Waals surface area contributed by atoms with Gasteiger partial charge in [-0.25, -0.2) is 0 Å². The maximum Gasteiger partial charge on any atom is 0.0613 e. The van der Waals surface area contributed by atoms with Crippen molar-refractivity contribution in [2.45, 2.75) is 38.7 Å². The Labute approximate surface area is 111 Å². The molecule has 2 saturated heterocycles. The average Bonchev–Trinajstić information content (AvgIpc) is 2.87. The van der Waals surface area contributed by atoms with Crippen LogP contribution < -0.4 is 11.1 Å². The van der Waals surface area contributed by atoms with E-state index >= 15 is 0 Å². The molecule has 2 atom stereocenters. The molecule has 2 unspecified atom stereocenters. The monoisotopic (exact) mass is 256 g/mol. The van der Waals surface area contributed by atoms with E-state index in [-0.39, 0.29) is 5.41 Å². The molecular formula is C14H28N2O2. The molecule has 0 saturated carbocycles. The smallest absolute Gasteiger partial charge is 0.0613 e. The van der Waals surface area contributed by atoms with Gasteiger partial charge in [-0.15, -0.1) is 0 Å². The second-order valence-electron chi connectivity index (χ2n) is 5.81. The van der Waals surface area contributed by atoms with Gasteiger partial charge in [0.25, 0.3) is 0 Å². The first-order valence-electron chi connectivity index (χ1n) is 7.40. The predicted molar refractivity (Wildman–Crippen MR) is 72.5 cm³/mol. The van der Waals surface area contributed by atoms with Gasteiger partial charge < -0.3 is 20.5 Å². The lowest BCUT2D eigenvalue weighted by atomic mass is 9.80. The topological polar surface area (TPSA) is 56.5 Å². The van der Waals surface area contributed by atoms with Crippen molar-refractivity contribution in [1.29, 1.82) is 0 Å². The Bertz CT molecular complexity index is 242. The van der Waals surface area contributed by atoms with Crippen molar-refractivity contribution < 1.29 is 9.47 Å². The van der Waals surface area contributed by atoms with Gasteiger partial charge in [-0.2, -0.15) is 0 Å². The van der Waals surface area contributed by atoms with Gasteiger partial charge in [0, 0.05) is 32.9 Å². The largest absolute Gasteiger partial charge is 0.381 e. The summed E-state index contributed by atoms with van der Waals surface area (Å²) in [6.07, 6.45) is 4.97. The first-order valence-corrected chi connectivity index (χ1v) is 7.40. The van der Waals surface area contributed by atoms with Crippen LogP contribution in [0, 0.1) is 11.3 Å². The van der Waals surface area contributed by atoms with Gasteiger partial charge in [0.05, 0.1) is 6.10 Å². The van der Waals surface area contributed by atoms with Crippen LogP contribution >= 0.6 is 0 Å². The summed E-state index contributed by atoms with van der Waals surface area (Å²) < 4.78 is 11.2. The zero-order valence-electron chi connectivity index (χ0n) is 11.6. The lowest BCUT2D eigenvalue weighted by molar-refractivity contribution is 0.0181. The van der Waals surface area contributed by atoms with E-state index < -0.39 is 0 Å². The molecule has 3 N–H and O–H groups in total. The molecule has 2 rings (SSSR count). The Hall–Kier alpha value is -0.160. The third kappa shape index (κ3) is 3.44. The van der Waals surface area contributed by atoms with Crippen molar-refractivity contribution in [3.63, 3.8) is 0 Å². The summed E-state index contributed by atoms with van der Waals surface area (Å²) in [6, 6.07) is 0. The molecule has 0 aromatic carbocycles. The van der Waals surface area contributed by atoms with E-state index in [9.17, 15) is 0 Å². The summed E-state index contributed by atoms with van der Waals surface area (Å²) in [5.74, 6) is 0.685. The minimum absolute atomic E-state index is 0.263. The summed E-state index contributed by atoms with van der Waals surface area (Å²) >= 11 is 0. The molecule has 0 radical (unpaired) electrons. The highest BCUT2D eigenvalue weighted by atomic mass is 16.5. The minimum atomic E-state index is 0.263. The molecule has 0 spiro atoms. The van der Waals surface area contributed by atoms with Crippen LogP contribution in [0.15, 0.2) is 0 Å².